The zero-order chi connectivity index (χ0) is 11.6. The van der Waals surface area contributed by atoms with Crippen molar-refractivity contribution in [1.82, 2.24) is 0 Å². The Morgan fingerprint density at radius 1 is 1.47 bits per heavy atom. The van der Waals surface area contributed by atoms with Gasteiger partial charge >= 0.3 is 0 Å². The van der Waals surface area contributed by atoms with E-state index in [-0.39, 0.29) is 0 Å². The lowest BCUT2D eigenvalue weighted by molar-refractivity contribution is 1.13. The van der Waals surface area contributed by atoms with Crippen LogP contribution in [0.5, 0.6) is 0 Å². The van der Waals surface area contributed by atoms with E-state index < -0.39 is 0 Å². The Bertz CT molecular complexity index is 479. The molecule has 0 aliphatic carbocycles. The fraction of sp³-hybridized carbons (Fsp3) is 0.385. The summed E-state index contributed by atoms with van der Waals surface area (Å²) >= 11 is 1.81. The van der Waals surface area contributed by atoms with Crippen LogP contribution in [0.2, 0.25) is 0 Å². The minimum Gasteiger partial charge on any atom is -0.402 e. The highest BCUT2D eigenvalue weighted by Crippen LogP contribution is 2.11. The van der Waals surface area contributed by atoms with Gasteiger partial charge in [-0.2, -0.15) is 0 Å². The lowest BCUT2D eigenvalue weighted by atomic mass is 10.1. The molecule has 2 N–H and O–H groups in total. The topological polar surface area (TPSA) is 26.0 Å². The Morgan fingerprint density at radius 2 is 2.07 bits per heavy atom. The molecule has 1 heterocycles. The van der Waals surface area contributed by atoms with Crippen molar-refractivity contribution in [3.63, 3.8) is 0 Å². The number of hydrogen-bond acceptors (Lipinski definition) is 2. The summed E-state index contributed by atoms with van der Waals surface area (Å²) in [6, 6.07) is 0. The maximum Gasteiger partial charge on any atom is 0.0331 e. The van der Waals surface area contributed by atoms with E-state index in [1.165, 1.54) is 20.5 Å². The third-order valence-corrected chi connectivity index (χ3v) is 4.17. The summed E-state index contributed by atoms with van der Waals surface area (Å²) in [6.07, 6.45) is 1.85. The van der Waals surface area contributed by atoms with Gasteiger partial charge in [0, 0.05) is 21.5 Å². The molecule has 0 atom stereocenters. The van der Waals surface area contributed by atoms with E-state index in [0.29, 0.717) is 0 Å². The van der Waals surface area contributed by atoms with Crippen molar-refractivity contribution in [2.24, 2.45) is 5.73 Å². The molecule has 82 valence electrons. The molecule has 15 heavy (non-hydrogen) atoms. The van der Waals surface area contributed by atoms with Gasteiger partial charge in [0.25, 0.3) is 0 Å². The largest absolute Gasteiger partial charge is 0.402 e. The minimum atomic E-state index is 0.722. The van der Waals surface area contributed by atoms with Crippen molar-refractivity contribution in [3.05, 3.63) is 32.5 Å². The summed E-state index contributed by atoms with van der Waals surface area (Å²) in [4.78, 5) is 1.30. The van der Waals surface area contributed by atoms with E-state index in [0.717, 1.165) is 23.8 Å². The number of nitrogens with two attached hydrogens (primary N) is 1. The van der Waals surface area contributed by atoms with Gasteiger partial charge in [-0.1, -0.05) is 25.7 Å². The van der Waals surface area contributed by atoms with Crippen LogP contribution in [0.4, 0.5) is 0 Å². The summed E-state index contributed by atoms with van der Waals surface area (Å²) in [5.41, 5.74) is 9.05. The van der Waals surface area contributed by atoms with Gasteiger partial charge < -0.3 is 5.73 Å². The van der Waals surface area contributed by atoms with Crippen LogP contribution in [0.3, 0.4) is 0 Å². The van der Waals surface area contributed by atoms with Crippen LogP contribution in [0, 0.1) is 6.92 Å². The first-order valence-electron chi connectivity index (χ1n) is 5.17. The molecule has 0 spiro atoms. The predicted molar refractivity (Wildman–Crippen MR) is 70.2 cm³/mol. The molecular formula is C13H19NS. The SMILES string of the molecule is C=C(N)Cc1s/c(=C(\C)CC)c(=C)c1C. The van der Waals surface area contributed by atoms with Crippen LogP contribution in [0.1, 0.15) is 30.7 Å². The first-order chi connectivity index (χ1) is 6.97. The first-order valence-corrected chi connectivity index (χ1v) is 5.99. The normalized spacial score (nSPS) is 12.7. The van der Waals surface area contributed by atoms with Gasteiger partial charge in [0.15, 0.2) is 0 Å². The highest BCUT2D eigenvalue weighted by Gasteiger charge is 2.05. The molecule has 0 aliphatic rings. The maximum absolute atomic E-state index is 5.65. The molecule has 0 aliphatic heterocycles. The number of allylic oxidation sites excluding steroid dienone is 1. The monoisotopic (exact) mass is 221 g/mol. The summed E-state index contributed by atoms with van der Waals surface area (Å²) in [6.45, 7) is 14.3. The lowest BCUT2D eigenvalue weighted by Gasteiger charge is -1.96. The molecule has 1 aromatic heterocycles. The van der Waals surface area contributed by atoms with Crippen molar-refractivity contribution in [2.75, 3.05) is 0 Å². The van der Waals surface area contributed by atoms with Crippen molar-refractivity contribution in [2.45, 2.75) is 33.6 Å². The standard InChI is InChI=1S/C13H19NS/c1-6-8(2)13-11(5)10(4)12(15-13)7-9(3)14/h3,5-7,14H2,1-2,4H3/b13-8+. The molecule has 0 unspecified atom stereocenters. The molecule has 0 aromatic carbocycles. The van der Waals surface area contributed by atoms with Crippen LogP contribution < -0.4 is 15.5 Å². The van der Waals surface area contributed by atoms with Gasteiger partial charge in [0.2, 0.25) is 0 Å². The van der Waals surface area contributed by atoms with E-state index >= 15 is 0 Å². The Balaban J connectivity index is 3.37. The van der Waals surface area contributed by atoms with E-state index in [2.05, 4.69) is 33.9 Å². The molecule has 1 nitrogen and oxygen atoms in total. The highest BCUT2D eigenvalue weighted by molar-refractivity contribution is 7.10. The second-order valence-electron chi connectivity index (χ2n) is 3.93. The second kappa shape index (κ2) is 4.67. The molecule has 1 aromatic rings. The van der Waals surface area contributed by atoms with Crippen molar-refractivity contribution >= 4 is 23.5 Å². The Kier molecular flexibility index (Phi) is 3.75. The number of rotatable bonds is 3. The summed E-state index contributed by atoms with van der Waals surface area (Å²) in [5, 5.41) is 1.16. The maximum atomic E-state index is 5.65. The Morgan fingerprint density at radius 3 is 2.53 bits per heavy atom. The lowest BCUT2D eigenvalue weighted by Crippen LogP contribution is -2.20. The molecule has 0 amide bonds. The Hall–Kier alpha value is -1.02. The van der Waals surface area contributed by atoms with Crippen LogP contribution in [0.25, 0.3) is 12.2 Å². The van der Waals surface area contributed by atoms with Gasteiger partial charge in [0.05, 0.1) is 0 Å². The summed E-state index contributed by atoms with van der Waals surface area (Å²) in [5.74, 6) is 0. The quantitative estimate of drug-likeness (QED) is 0.831. The van der Waals surface area contributed by atoms with Gasteiger partial charge in [-0.15, -0.1) is 11.3 Å². The zero-order valence-corrected chi connectivity index (χ0v) is 10.6. The molecular weight excluding hydrogens is 202 g/mol. The smallest absolute Gasteiger partial charge is 0.0331 e. The van der Waals surface area contributed by atoms with Crippen LogP contribution in [0.15, 0.2) is 12.3 Å². The second-order valence-corrected chi connectivity index (χ2v) is 5.03. The zero-order valence-electron chi connectivity index (χ0n) is 9.81. The van der Waals surface area contributed by atoms with E-state index in [1.807, 2.05) is 0 Å². The molecule has 0 bridgehead atoms. The third kappa shape index (κ3) is 2.51. The van der Waals surface area contributed by atoms with Crippen LogP contribution in [-0.4, -0.2) is 0 Å². The van der Waals surface area contributed by atoms with Crippen molar-refractivity contribution in [1.29, 1.82) is 0 Å². The van der Waals surface area contributed by atoms with E-state index in [1.54, 1.807) is 11.3 Å². The minimum absolute atomic E-state index is 0.722. The molecule has 0 saturated heterocycles. The third-order valence-electron chi connectivity index (χ3n) is 2.68. The predicted octanol–water partition coefficient (Wildman–Crippen LogP) is 2.06. The van der Waals surface area contributed by atoms with Gasteiger partial charge in [0.1, 0.15) is 0 Å². The van der Waals surface area contributed by atoms with Crippen molar-refractivity contribution < 1.29 is 0 Å². The number of thiophene rings is 1. The van der Waals surface area contributed by atoms with Crippen LogP contribution >= 0.6 is 11.3 Å². The fourth-order valence-electron chi connectivity index (χ4n) is 1.48. The average Bonchev–Trinajstić information content (AvgIpc) is 2.44. The molecule has 1 rings (SSSR count). The average molecular weight is 221 g/mol. The van der Waals surface area contributed by atoms with Crippen LogP contribution in [-0.2, 0) is 6.42 Å². The summed E-state index contributed by atoms with van der Waals surface area (Å²) < 4.78 is 1.33. The molecule has 0 radical (unpaired) electrons. The summed E-state index contributed by atoms with van der Waals surface area (Å²) in [7, 11) is 0. The van der Waals surface area contributed by atoms with Gasteiger partial charge in [-0.25, -0.2) is 0 Å². The first kappa shape index (κ1) is 12.1. The Labute approximate surface area is 95.6 Å². The molecule has 0 fully saturated rings. The fourth-order valence-corrected chi connectivity index (χ4v) is 2.86. The van der Waals surface area contributed by atoms with E-state index in [4.69, 9.17) is 5.73 Å². The molecule has 0 saturated carbocycles. The van der Waals surface area contributed by atoms with E-state index in [9.17, 15) is 0 Å². The van der Waals surface area contributed by atoms with Gasteiger partial charge in [-0.05, 0) is 31.1 Å². The van der Waals surface area contributed by atoms with Crippen molar-refractivity contribution in [3.8, 4) is 0 Å². The molecule has 2 heteroatoms. The number of hydrogen-bond donors (Lipinski definition) is 1. The van der Waals surface area contributed by atoms with Gasteiger partial charge in [-0.3, -0.25) is 0 Å². The highest BCUT2D eigenvalue weighted by atomic mass is 32.1.